The van der Waals surface area contributed by atoms with E-state index in [9.17, 15) is 4.79 Å². The van der Waals surface area contributed by atoms with Gasteiger partial charge in [-0.1, -0.05) is 37.3 Å². The Kier molecular flexibility index (Phi) is 3.66. The summed E-state index contributed by atoms with van der Waals surface area (Å²) < 4.78 is 0. The molecule has 0 radical (unpaired) electrons. The molecule has 0 aliphatic heterocycles. The predicted octanol–water partition coefficient (Wildman–Crippen LogP) is 5.28. The van der Waals surface area contributed by atoms with E-state index in [2.05, 4.69) is 30.4 Å². The fourth-order valence-corrected chi connectivity index (χ4v) is 4.58. The topological polar surface area (TPSA) is 29.1 Å². The minimum absolute atomic E-state index is 0.0207. The fraction of sp³-hybridized carbons (Fsp3) is 0.250. The molecule has 1 aliphatic rings. The van der Waals surface area contributed by atoms with Gasteiger partial charge in [0.2, 0.25) is 0 Å². The van der Waals surface area contributed by atoms with Gasteiger partial charge in [0, 0.05) is 15.9 Å². The fourth-order valence-electron chi connectivity index (χ4n) is 3.33. The standard InChI is InChI=1S/C20H19NOS/c1-13-6-9-17-18(12-23-19(17)10-13)20(22)21-16-8-7-14-4-2-3-5-15(14)11-16/h2-5,7-8,11-13H,6,9-10H2,1H3,(H,21,22). The number of carbonyl (C=O) groups excluding carboxylic acids is 1. The molecule has 23 heavy (non-hydrogen) atoms. The van der Waals surface area contributed by atoms with E-state index in [1.807, 2.05) is 29.6 Å². The number of benzene rings is 2. The SMILES string of the molecule is CC1CCc2c(C(=O)Nc3ccc4ccccc4c3)csc2C1. The summed E-state index contributed by atoms with van der Waals surface area (Å²) in [5.74, 6) is 0.755. The molecule has 3 aromatic rings. The molecule has 116 valence electrons. The molecule has 1 N–H and O–H groups in total. The van der Waals surface area contributed by atoms with Crippen LogP contribution >= 0.6 is 11.3 Å². The van der Waals surface area contributed by atoms with Gasteiger partial charge in [-0.05, 0) is 53.6 Å². The minimum Gasteiger partial charge on any atom is -0.322 e. The Bertz CT molecular complexity index is 880. The van der Waals surface area contributed by atoms with Crippen LogP contribution in [0.5, 0.6) is 0 Å². The zero-order valence-electron chi connectivity index (χ0n) is 13.1. The highest BCUT2D eigenvalue weighted by Gasteiger charge is 2.23. The first-order valence-corrected chi connectivity index (χ1v) is 8.98. The molecule has 1 unspecified atom stereocenters. The third-order valence-corrected chi connectivity index (χ3v) is 5.70. The van der Waals surface area contributed by atoms with Crippen molar-refractivity contribution in [3.8, 4) is 0 Å². The molecule has 1 aromatic heterocycles. The number of carbonyl (C=O) groups is 1. The van der Waals surface area contributed by atoms with E-state index >= 15 is 0 Å². The van der Waals surface area contributed by atoms with Gasteiger partial charge in [0.1, 0.15) is 0 Å². The molecule has 0 saturated heterocycles. The molecule has 1 amide bonds. The number of rotatable bonds is 2. The Hall–Kier alpha value is -2.13. The van der Waals surface area contributed by atoms with Crippen LogP contribution in [-0.2, 0) is 12.8 Å². The summed E-state index contributed by atoms with van der Waals surface area (Å²) in [6.45, 7) is 2.29. The maximum absolute atomic E-state index is 12.7. The summed E-state index contributed by atoms with van der Waals surface area (Å²) in [4.78, 5) is 14.1. The molecule has 4 rings (SSSR count). The number of thiophene rings is 1. The molecule has 3 heteroatoms. The highest BCUT2D eigenvalue weighted by Crippen LogP contribution is 2.33. The van der Waals surface area contributed by atoms with Crippen molar-refractivity contribution in [3.05, 3.63) is 63.8 Å². The number of hydrogen-bond acceptors (Lipinski definition) is 2. The molecule has 2 aromatic carbocycles. The van der Waals surface area contributed by atoms with Crippen molar-refractivity contribution in [2.24, 2.45) is 5.92 Å². The average molecular weight is 321 g/mol. The van der Waals surface area contributed by atoms with Gasteiger partial charge in [0.25, 0.3) is 5.91 Å². The van der Waals surface area contributed by atoms with E-state index in [1.165, 1.54) is 22.2 Å². The summed E-state index contributed by atoms with van der Waals surface area (Å²) in [7, 11) is 0. The number of anilines is 1. The number of fused-ring (bicyclic) bond motifs is 2. The van der Waals surface area contributed by atoms with Crippen molar-refractivity contribution >= 4 is 33.7 Å². The van der Waals surface area contributed by atoms with Crippen LogP contribution in [0.1, 0.15) is 34.1 Å². The van der Waals surface area contributed by atoms with Crippen LogP contribution in [0.3, 0.4) is 0 Å². The van der Waals surface area contributed by atoms with E-state index in [0.717, 1.165) is 35.4 Å². The van der Waals surface area contributed by atoms with Gasteiger partial charge < -0.3 is 5.32 Å². The normalized spacial score (nSPS) is 17.0. The number of hydrogen-bond donors (Lipinski definition) is 1. The number of nitrogens with one attached hydrogen (secondary N) is 1. The smallest absolute Gasteiger partial charge is 0.256 e. The van der Waals surface area contributed by atoms with Crippen LogP contribution in [0.15, 0.2) is 47.8 Å². The van der Waals surface area contributed by atoms with Gasteiger partial charge in [-0.2, -0.15) is 0 Å². The highest BCUT2D eigenvalue weighted by molar-refractivity contribution is 7.10. The molecule has 0 saturated carbocycles. The monoisotopic (exact) mass is 321 g/mol. The van der Waals surface area contributed by atoms with E-state index < -0.39 is 0 Å². The lowest BCUT2D eigenvalue weighted by atomic mass is 9.88. The summed E-state index contributed by atoms with van der Waals surface area (Å²) in [6.07, 6.45) is 3.32. The molecule has 0 bridgehead atoms. The molecular formula is C20H19NOS. The van der Waals surface area contributed by atoms with Crippen LogP contribution in [0.4, 0.5) is 5.69 Å². The van der Waals surface area contributed by atoms with Crippen molar-refractivity contribution in [3.63, 3.8) is 0 Å². The van der Waals surface area contributed by atoms with Crippen molar-refractivity contribution in [1.29, 1.82) is 0 Å². The summed E-state index contributed by atoms with van der Waals surface area (Å²) in [5.41, 5.74) is 2.99. The molecule has 1 aliphatic carbocycles. The first-order chi connectivity index (χ1) is 11.2. The van der Waals surface area contributed by atoms with Crippen molar-refractivity contribution < 1.29 is 4.79 Å². The van der Waals surface area contributed by atoms with Gasteiger partial charge >= 0.3 is 0 Å². The third kappa shape index (κ3) is 2.77. The van der Waals surface area contributed by atoms with E-state index in [0.29, 0.717) is 0 Å². The Morgan fingerprint density at radius 2 is 2.00 bits per heavy atom. The van der Waals surface area contributed by atoms with Crippen molar-refractivity contribution in [1.82, 2.24) is 0 Å². The highest BCUT2D eigenvalue weighted by atomic mass is 32.1. The zero-order chi connectivity index (χ0) is 15.8. The van der Waals surface area contributed by atoms with Gasteiger partial charge in [0.15, 0.2) is 0 Å². The largest absolute Gasteiger partial charge is 0.322 e. The maximum atomic E-state index is 12.7. The number of amides is 1. The molecule has 1 heterocycles. The van der Waals surface area contributed by atoms with Crippen molar-refractivity contribution in [2.75, 3.05) is 5.32 Å². The summed E-state index contributed by atoms with van der Waals surface area (Å²) in [6, 6.07) is 14.3. The lowest BCUT2D eigenvalue weighted by molar-refractivity contribution is 0.102. The van der Waals surface area contributed by atoms with Crippen LogP contribution in [0.25, 0.3) is 10.8 Å². The second-order valence-corrected chi connectivity index (χ2v) is 7.38. The van der Waals surface area contributed by atoms with Gasteiger partial charge in [-0.15, -0.1) is 11.3 Å². The molecule has 0 fully saturated rings. The van der Waals surface area contributed by atoms with Crippen molar-refractivity contribution in [2.45, 2.75) is 26.2 Å². The van der Waals surface area contributed by atoms with Gasteiger partial charge in [-0.25, -0.2) is 0 Å². The summed E-state index contributed by atoms with van der Waals surface area (Å²) in [5, 5.41) is 7.42. The maximum Gasteiger partial charge on any atom is 0.256 e. The van der Waals surface area contributed by atoms with E-state index in [4.69, 9.17) is 0 Å². The third-order valence-electron chi connectivity index (χ3n) is 4.65. The second-order valence-electron chi connectivity index (χ2n) is 6.42. The first-order valence-electron chi connectivity index (χ1n) is 8.10. The molecular weight excluding hydrogens is 302 g/mol. The first kappa shape index (κ1) is 14.5. The second kappa shape index (κ2) is 5.82. The Morgan fingerprint density at radius 3 is 2.87 bits per heavy atom. The van der Waals surface area contributed by atoms with E-state index in [-0.39, 0.29) is 5.91 Å². The lowest BCUT2D eigenvalue weighted by Crippen LogP contribution is -2.16. The van der Waals surface area contributed by atoms with Crippen LogP contribution in [0.2, 0.25) is 0 Å². The molecule has 1 atom stereocenters. The van der Waals surface area contributed by atoms with Crippen LogP contribution < -0.4 is 5.32 Å². The zero-order valence-corrected chi connectivity index (χ0v) is 14.0. The molecule has 2 nitrogen and oxygen atoms in total. The Balaban J connectivity index is 1.60. The quantitative estimate of drug-likeness (QED) is 0.683. The predicted molar refractivity (Wildman–Crippen MR) is 97.4 cm³/mol. The average Bonchev–Trinajstić information content (AvgIpc) is 2.97. The van der Waals surface area contributed by atoms with Gasteiger partial charge in [0.05, 0.1) is 5.56 Å². The van der Waals surface area contributed by atoms with E-state index in [1.54, 1.807) is 11.3 Å². The van der Waals surface area contributed by atoms with Gasteiger partial charge in [-0.3, -0.25) is 4.79 Å². The lowest BCUT2D eigenvalue weighted by Gasteiger charge is -2.18. The molecule has 0 spiro atoms. The van der Waals surface area contributed by atoms with Crippen LogP contribution in [0, 0.1) is 5.92 Å². The minimum atomic E-state index is 0.0207. The van der Waals surface area contributed by atoms with Crippen LogP contribution in [-0.4, -0.2) is 5.91 Å². The Morgan fingerprint density at radius 1 is 1.17 bits per heavy atom. The summed E-state index contributed by atoms with van der Waals surface area (Å²) >= 11 is 1.74. The Labute approximate surface area is 140 Å².